The molecule has 0 radical (unpaired) electrons. The molecule has 1 aliphatic rings. The highest BCUT2D eigenvalue weighted by molar-refractivity contribution is 9.10. The first-order valence-electron chi connectivity index (χ1n) is 7.05. The zero-order valence-electron chi connectivity index (χ0n) is 11.8. The first-order valence-corrected chi connectivity index (χ1v) is 7.84. The van der Waals surface area contributed by atoms with Gasteiger partial charge < -0.3 is 0 Å². The van der Waals surface area contributed by atoms with Crippen LogP contribution in [0.4, 0.5) is 0 Å². The number of hydrogen-bond acceptors (Lipinski definition) is 2. The van der Waals surface area contributed by atoms with E-state index in [4.69, 9.17) is 0 Å². The summed E-state index contributed by atoms with van der Waals surface area (Å²) in [5, 5.41) is 1.42. The maximum atomic E-state index is 12.2. The fourth-order valence-corrected chi connectivity index (χ4v) is 2.82. The van der Waals surface area contributed by atoms with Crippen molar-refractivity contribution in [1.82, 2.24) is 10.4 Å². The van der Waals surface area contributed by atoms with Crippen LogP contribution in [0.25, 0.3) is 0 Å². The Morgan fingerprint density at radius 2 is 1.77 bits per heavy atom. The van der Waals surface area contributed by atoms with Crippen molar-refractivity contribution in [3.63, 3.8) is 0 Å². The maximum absolute atomic E-state index is 12.2. The molecule has 0 aromatic heterocycles. The molecule has 1 heterocycles. The minimum Gasteiger partial charge on any atom is -0.273 e. The van der Waals surface area contributed by atoms with Crippen LogP contribution < -0.4 is 5.43 Å². The molecule has 0 spiro atoms. The second kappa shape index (κ2) is 6.32. The zero-order valence-corrected chi connectivity index (χ0v) is 13.4. The van der Waals surface area contributed by atoms with E-state index >= 15 is 0 Å². The van der Waals surface area contributed by atoms with Crippen molar-refractivity contribution in [1.29, 1.82) is 0 Å². The zero-order chi connectivity index (χ0) is 15.5. The fourth-order valence-electron chi connectivity index (χ4n) is 2.55. The molecule has 1 aliphatic heterocycles. The summed E-state index contributed by atoms with van der Waals surface area (Å²) in [6, 6.07) is 16.9. The lowest BCUT2D eigenvalue weighted by Crippen LogP contribution is -2.43. The number of rotatable bonds is 3. The summed E-state index contributed by atoms with van der Waals surface area (Å²) in [4.78, 5) is 24.3. The van der Waals surface area contributed by atoms with Crippen molar-refractivity contribution in [3.05, 3.63) is 70.2 Å². The van der Waals surface area contributed by atoms with Crippen LogP contribution in [0.1, 0.15) is 28.3 Å². The number of nitrogens with one attached hydrogen (secondary N) is 1. The maximum Gasteiger partial charge on any atom is 0.269 e. The molecule has 5 heteroatoms. The molecular formula is C17H15BrN2O2. The van der Waals surface area contributed by atoms with Crippen LogP contribution in [0.2, 0.25) is 0 Å². The summed E-state index contributed by atoms with van der Waals surface area (Å²) in [7, 11) is 0. The van der Waals surface area contributed by atoms with Crippen LogP contribution >= 0.6 is 15.9 Å². The predicted octanol–water partition coefficient (Wildman–Crippen LogP) is 3.11. The number of carbonyl (C=O) groups is 2. The molecule has 22 heavy (non-hydrogen) atoms. The quantitative estimate of drug-likeness (QED) is 0.916. The number of hydrogen-bond donors (Lipinski definition) is 1. The topological polar surface area (TPSA) is 49.4 Å². The van der Waals surface area contributed by atoms with Gasteiger partial charge >= 0.3 is 0 Å². The van der Waals surface area contributed by atoms with Gasteiger partial charge in [0.05, 0.1) is 0 Å². The van der Waals surface area contributed by atoms with Crippen molar-refractivity contribution in [2.45, 2.75) is 12.3 Å². The van der Waals surface area contributed by atoms with E-state index in [1.165, 1.54) is 5.01 Å². The predicted molar refractivity (Wildman–Crippen MR) is 87.1 cm³/mol. The van der Waals surface area contributed by atoms with Crippen molar-refractivity contribution < 1.29 is 9.59 Å². The Kier molecular flexibility index (Phi) is 4.24. The van der Waals surface area contributed by atoms with Crippen LogP contribution in [0.3, 0.4) is 0 Å². The molecule has 3 rings (SSSR count). The highest BCUT2D eigenvalue weighted by atomic mass is 79.9. The third kappa shape index (κ3) is 3.20. The summed E-state index contributed by atoms with van der Waals surface area (Å²) in [5.74, 6) is -0.201. The molecule has 1 atom stereocenters. The van der Waals surface area contributed by atoms with Crippen molar-refractivity contribution in [3.8, 4) is 0 Å². The van der Waals surface area contributed by atoms with Crippen LogP contribution in [0.15, 0.2) is 59.1 Å². The summed E-state index contributed by atoms with van der Waals surface area (Å²) in [6.07, 6.45) is 0.421. The number of hydrazine groups is 1. The molecule has 1 saturated heterocycles. The number of carbonyl (C=O) groups excluding carboxylic acids is 2. The lowest BCUT2D eigenvalue weighted by atomic mass is 9.99. The Morgan fingerprint density at radius 1 is 1.09 bits per heavy atom. The molecule has 0 saturated carbocycles. The number of amides is 2. The van der Waals surface area contributed by atoms with Gasteiger partial charge in [-0.25, -0.2) is 0 Å². The van der Waals surface area contributed by atoms with Crippen LogP contribution in [-0.2, 0) is 4.79 Å². The molecule has 2 amide bonds. The molecule has 2 aromatic carbocycles. The molecule has 112 valence electrons. The number of halogens is 1. The minimum absolute atomic E-state index is 0.0562. The van der Waals surface area contributed by atoms with Crippen molar-refractivity contribution >= 4 is 27.7 Å². The largest absolute Gasteiger partial charge is 0.273 e. The van der Waals surface area contributed by atoms with Gasteiger partial charge in [0, 0.05) is 28.9 Å². The molecule has 1 fully saturated rings. The Bertz CT molecular complexity index is 686. The van der Waals surface area contributed by atoms with Gasteiger partial charge in [0.1, 0.15) is 0 Å². The van der Waals surface area contributed by atoms with Gasteiger partial charge in [-0.3, -0.25) is 20.0 Å². The van der Waals surface area contributed by atoms with Gasteiger partial charge in [0.2, 0.25) is 5.91 Å². The average Bonchev–Trinajstić information content (AvgIpc) is 2.90. The summed E-state index contributed by atoms with van der Waals surface area (Å²) >= 11 is 3.33. The first-order chi connectivity index (χ1) is 10.6. The normalized spacial score (nSPS) is 17.6. The Hall–Kier alpha value is -2.14. The van der Waals surface area contributed by atoms with Gasteiger partial charge in [-0.1, -0.05) is 46.3 Å². The Morgan fingerprint density at radius 3 is 2.45 bits per heavy atom. The van der Waals surface area contributed by atoms with Crippen LogP contribution in [-0.4, -0.2) is 23.4 Å². The molecule has 4 nitrogen and oxygen atoms in total. The monoisotopic (exact) mass is 358 g/mol. The highest BCUT2D eigenvalue weighted by Crippen LogP contribution is 2.26. The van der Waals surface area contributed by atoms with E-state index in [2.05, 4.69) is 21.4 Å². The standard InChI is InChI=1S/C17H15BrN2O2/c18-15-8-6-13(7-9-15)17(22)19-20-11-14(10-16(20)21)12-4-2-1-3-5-12/h1-9,14H,10-11H2,(H,19,22). The van der Waals surface area contributed by atoms with Crippen LogP contribution in [0, 0.1) is 0 Å². The summed E-state index contributed by atoms with van der Waals surface area (Å²) in [5.41, 5.74) is 4.34. The molecular weight excluding hydrogens is 344 g/mol. The second-order valence-corrected chi connectivity index (χ2v) is 6.18. The molecule has 1 unspecified atom stereocenters. The number of benzene rings is 2. The lowest BCUT2D eigenvalue weighted by Gasteiger charge is -2.18. The van der Waals surface area contributed by atoms with Gasteiger partial charge in [0.25, 0.3) is 5.91 Å². The summed E-state index contributed by atoms with van der Waals surface area (Å²) in [6.45, 7) is 0.505. The van der Waals surface area contributed by atoms with E-state index in [1.807, 2.05) is 30.3 Å². The smallest absolute Gasteiger partial charge is 0.269 e. The third-order valence-electron chi connectivity index (χ3n) is 3.74. The summed E-state index contributed by atoms with van der Waals surface area (Å²) < 4.78 is 0.908. The van der Waals surface area contributed by atoms with E-state index in [0.717, 1.165) is 10.0 Å². The highest BCUT2D eigenvalue weighted by Gasteiger charge is 2.31. The average molecular weight is 359 g/mol. The van der Waals surface area contributed by atoms with Gasteiger partial charge in [-0.05, 0) is 29.8 Å². The van der Waals surface area contributed by atoms with Gasteiger partial charge in [0.15, 0.2) is 0 Å². The molecule has 1 N–H and O–H groups in total. The lowest BCUT2D eigenvalue weighted by molar-refractivity contribution is -0.129. The molecule has 2 aromatic rings. The Balaban J connectivity index is 1.67. The van der Waals surface area contributed by atoms with E-state index in [9.17, 15) is 9.59 Å². The fraction of sp³-hybridized carbons (Fsp3) is 0.176. The van der Waals surface area contributed by atoms with Crippen LogP contribution in [0.5, 0.6) is 0 Å². The first kappa shape index (κ1) is 14.8. The Labute approximate surface area is 137 Å². The minimum atomic E-state index is -0.269. The van der Waals surface area contributed by atoms with E-state index in [-0.39, 0.29) is 17.7 Å². The molecule has 0 bridgehead atoms. The van der Waals surface area contributed by atoms with Gasteiger partial charge in [-0.15, -0.1) is 0 Å². The van der Waals surface area contributed by atoms with E-state index in [1.54, 1.807) is 24.3 Å². The van der Waals surface area contributed by atoms with Crippen molar-refractivity contribution in [2.24, 2.45) is 0 Å². The van der Waals surface area contributed by atoms with Crippen molar-refractivity contribution in [2.75, 3.05) is 6.54 Å². The third-order valence-corrected chi connectivity index (χ3v) is 4.27. The SMILES string of the molecule is O=C(NN1CC(c2ccccc2)CC1=O)c1ccc(Br)cc1. The van der Waals surface area contributed by atoms with E-state index < -0.39 is 0 Å². The molecule has 0 aliphatic carbocycles. The van der Waals surface area contributed by atoms with E-state index in [0.29, 0.717) is 18.5 Å². The second-order valence-electron chi connectivity index (χ2n) is 5.26. The van der Waals surface area contributed by atoms with Gasteiger partial charge in [-0.2, -0.15) is 0 Å². The number of nitrogens with zero attached hydrogens (tertiary/aromatic N) is 1.